The Balaban J connectivity index is 2.11. The molecule has 0 heterocycles. The quantitative estimate of drug-likeness (QED) is 0.0347. The minimum atomic E-state index is -2.50. The first-order chi connectivity index (χ1) is 23.5. The van der Waals surface area contributed by atoms with Gasteiger partial charge in [-0.15, -0.1) is 0 Å². The molecule has 0 amide bonds. The van der Waals surface area contributed by atoms with Crippen LogP contribution in [0.15, 0.2) is 22.1 Å². The maximum absolute atomic E-state index is 12.1. The molecule has 0 spiro atoms. The van der Waals surface area contributed by atoms with Gasteiger partial charge in [0.2, 0.25) is 0 Å². The number of rotatable bonds is 13. The molecule has 270 valence electrons. The maximum atomic E-state index is 12.1. The van der Waals surface area contributed by atoms with Gasteiger partial charge >= 0.3 is 22.7 Å². The molecule has 4 aromatic carbocycles. The third-order valence-corrected chi connectivity index (χ3v) is 8.98. The minimum absolute atomic E-state index is 0.0489. The Morgan fingerprint density at radius 2 is 0.960 bits per heavy atom. The van der Waals surface area contributed by atoms with Crippen LogP contribution in [0.4, 0.5) is 0 Å². The zero-order chi connectivity index (χ0) is 37.2. The van der Waals surface area contributed by atoms with Gasteiger partial charge in [-0.05, 0) is 47.6 Å². The molecular formula is C34H40N2O12S2. The van der Waals surface area contributed by atoms with Crippen molar-refractivity contribution in [2.45, 2.75) is 53.4 Å². The van der Waals surface area contributed by atoms with Crippen LogP contribution in [0.2, 0.25) is 0 Å². The second-order valence-corrected chi connectivity index (χ2v) is 13.5. The Hall–Kier alpha value is -4.32. The van der Waals surface area contributed by atoms with Gasteiger partial charge in [0.25, 0.3) is 0 Å². The monoisotopic (exact) mass is 732 g/mol. The lowest BCUT2D eigenvalue weighted by atomic mass is 9.83. The van der Waals surface area contributed by atoms with E-state index < -0.39 is 45.7 Å². The van der Waals surface area contributed by atoms with Gasteiger partial charge in [-0.1, -0.05) is 39.8 Å². The van der Waals surface area contributed by atoms with Gasteiger partial charge in [-0.25, -0.2) is 0 Å². The number of fused-ring (bicyclic) bond motifs is 2. The van der Waals surface area contributed by atoms with E-state index in [0.29, 0.717) is 33.0 Å². The van der Waals surface area contributed by atoms with Crippen LogP contribution < -0.4 is 0 Å². The summed E-state index contributed by atoms with van der Waals surface area (Å²) >= 11 is -5.00. The van der Waals surface area contributed by atoms with Crippen LogP contribution in [0.3, 0.4) is 0 Å². The highest BCUT2D eigenvalue weighted by Gasteiger charge is 2.29. The molecule has 16 heteroatoms. The normalized spacial score (nSPS) is 13.6. The van der Waals surface area contributed by atoms with Gasteiger partial charge in [-0.3, -0.25) is 27.5 Å². The van der Waals surface area contributed by atoms with Crippen molar-refractivity contribution in [3.8, 4) is 45.6 Å². The lowest BCUT2D eigenvalue weighted by Crippen LogP contribution is -2.03. The summed E-state index contributed by atoms with van der Waals surface area (Å²) in [6.45, 7) is 9.99. The van der Waals surface area contributed by atoms with Crippen LogP contribution in [0, 0.1) is 13.8 Å². The van der Waals surface area contributed by atoms with Crippen LogP contribution in [-0.4, -0.2) is 86.9 Å². The molecule has 0 aliphatic heterocycles. The van der Waals surface area contributed by atoms with Gasteiger partial charge in [0, 0.05) is 56.6 Å². The molecule has 14 nitrogen and oxygen atoms in total. The summed E-state index contributed by atoms with van der Waals surface area (Å²) in [6, 6.07) is 3.41. The fraction of sp³-hybridized carbons (Fsp3) is 0.353. The predicted molar refractivity (Wildman–Crippen MR) is 193 cm³/mol. The zero-order valence-corrected chi connectivity index (χ0v) is 29.8. The second-order valence-electron chi connectivity index (χ2n) is 12.2. The van der Waals surface area contributed by atoms with Crippen LogP contribution in [0.5, 0.6) is 34.5 Å². The molecule has 0 saturated heterocycles. The highest BCUT2D eigenvalue weighted by molar-refractivity contribution is 7.74. The molecule has 0 radical (unpaired) electrons. The third-order valence-electron chi connectivity index (χ3n) is 8.24. The number of aliphatic imine (C=N–C) groups is 2. The summed E-state index contributed by atoms with van der Waals surface area (Å²) in [7, 11) is 0. The van der Waals surface area contributed by atoms with E-state index in [0.717, 1.165) is 0 Å². The first-order valence-corrected chi connectivity index (χ1v) is 17.5. The molecule has 0 aromatic heterocycles. The first-order valence-electron chi connectivity index (χ1n) is 15.5. The van der Waals surface area contributed by atoms with E-state index in [1.165, 1.54) is 12.4 Å². The highest BCUT2D eigenvalue weighted by atomic mass is 32.2. The molecule has 0 aliphatic carbocycles. The third kappa shape index (κ3) is 7.40. The van der Waals surface area contributed by atoms with Crippen molar-refractivity contribution in [1.82, 2.24) is 0 Å². The molecule has 0 saturated carbocycles. The van der Waals surface area contributed by atoms with Crippen molar-refractivity contribution >= 4 is 56.7 Å². The highest BCUT2D eigenvalue weighted by Crippen LogP contribution is 2.54. The lowest BCUT2D eigenvalue weighted by Gasteiger charge is -2.23. The molecule has 2 unspecified atom stereocenters. The summed E-state index contributed by atoms with van der Waals surface area (Å²) in [5.41, 5.74) is 1.92. The summed E-state index contributed by atoms with van der Waals surface area (Å²) in [6.07, 6.45) is 2.41. The SMILES string of the molecule is Cc1cc2c(C(C)C)c(O)c(O)c(C=NCCOS(=O)O)c2c(O)c1-c1c(C)cc2c(C(C)C)c(O)c(O)c(C=NCCOS(=O)O)c2c1O. The first kappa shape index (κ1) is 38.5. The summed E-state index contributed by atoms with van der Waals surface area (Å²) < 4.78 is 48.6. The van der Waals surface area contributed by atoms with Crippen LogP contribution in [0.1, 0.15) is 72.9 Å². The van der Waals surface area contributed by atoms with Gasteiger partial charge < -0.3 is 30.6 Å². The number of hydrogen-bond donors (Lipinski definition) is 8. The van der Waals surface area contributed by atoms with Crippen LogP contribution >= 0.6 is 0 Å². The molecular weight excluding hydrogens is 693 g/mol. The number of nitrogens with zero attached hydrogens (tertiary/aromatic N) is 2. The Morgan fingerprint density at radius 1 is 0.620 bits per heavy atom. The average molecular weight is 733 g/mol. The fourth-order valence-electron chi connectivity index (χ4n) is 6.26. The van der Waals surface area contributed by atoms with Crippen molar-refractivity contribution in [2.24, 2.45) is 9.98 Å². The van der Waals surface area contributed by atoms with Gasteiger partial charge in [-0.2, -0.15) is 8.42 Å². The zero-order valence-electron chi connectivity index (χ0n) is 28.2. The fourth-order valence-corrected chi connectivity index (χ4v) is 6.69. The van der Waals surface area contributed by atoms with Crippen LogP contribution in [-0.2, 0) is 31.1 Å². The Bertz CT molecular complexity index is 1930. The predicted octanol–water partition coefficient (Wildman–Crippen LogP) is 5.90. The minimum Gasteiger partial charge on any atom is -0.507 e. The van der Waals surface area contributed by atoms with Crippen molar-refractivity contribution in [2.75, 3.05) is 26.3 Å². The van der Waals surface area contributed by atoms with Gasteiger partial charge in [0.1, 0.15) is 11.5 Å². The Morgan fingerprint density at radius 3 is 1.26 bits per heavy atom. The van der Waals surface area contributed by atoms with Crippen LogP contribution in [0.25, 0.3) is 32.7 Å². The molecule has 4 aromatic rings. The van der Waals surface area contributed by atoms with E-state index in [1.807, 2.05) is 0 Å². The second kappa shape index (κ2) is 15.7. The molecule has 2 atom stereocenters. The van der Waals surface area contributed by atoms with Crippen molar-refractivity contribution < 1.29 is 56.5 Å². The molecule has 8 N–H and O–H groups in total. The summed E-state index contributed by atoms with van der Waals surface area (Å²) in [5, 5.41) is 69.7. The Kier molecular flexibility index (Phi) is 12.1. The van der Waals surface area contributed by atoms with E-state index in [9.17, 15) is 39.1 Å². The number of benzene rings is 4. The Labute approximate surface area is 293 Å². The van der Waals surface area contributed by atoms with E-state index in [1.54, 1.807) is 53.7 Å². The summed E-state index contributed by atoms with van der Waals surface area (Å²) in [5.74, 6) is -3.27. The standard InChI is InChI=1S/C34H40N2O12S2/c1-15(2)23-19-11-17(5)25(31(39)27(19)21(29(37)33(23)41)13-35-7-9-47-49(43)44)26-18(6)12-20-24(16(3)4)34(42)30(38)22(28(20)32(26)40)14-36-8-10-48-50(45)46/h11-16,37-42H,7-10H2,1-6H3,(H,43,44)(H,45,46). The molecule has 0 fully saturated rings. The lowest BCUT2D eigenvalue weighted by molar-refractivity contribution is 0.315. The van der Waals surface area contributed by atoms with E-state index in [-0.39, 0.29) is 82.7 Å². The molecule has 0 bridgehead atoms. The summed E-state index contributed by atoms with van der Waals surface area (Å²) in [4.78, 5) is 8.31. The molecule has 4 rings (SSSR count). The van der Waals surface area contributed by atoms with E-state index in [4.69, 9.17) is 9.11 Å². The number of aryl methyl sites for hydroxylation is 2. The number of phenolic OH excluding ortho intramolecular Hbond substituents is 6. The molecule has 0 aliphatic rings. The van der Waals surface area contributed by atoms with Crippen molar-refractivity contribution in [3.05, 3.63) is 45.5 Å². The number of aromatic hydroxyl groups is 6. The largest absolute Gasteiger partial charge is 0.507 e. The van der Waals surface area contributed by atoms with Gasteiger partial charge in [0.05, 0.1) is 26.3 Å². The molecule has 50 heavy (non-hydrogen) atoms. The maximum Gasteiger partial charge on any atom is 0.301 e. The number of phenols is 6. The topological polar surface area (TPSA) is 239 Å². The average Bonchev–Trinajstić information content (AvgIpc) is 3.01. The van der Waals surface area contributed by atoms with Gasteiger partial charge in [0.15, 0.2) is 23.0 Å². The number of hydrogen-bond acceptors (Lipinski definition) is 12. The van der Waals surface area contributed by atoms with Crippen molar-refractivity contribution in [3.63, 3.8) is 0 Å². The smallest absolute Gasteiger partial charge is 0.301 e. The van der Waals surface area contributed by atoms with E-state index >= 15 is 0 Å². The van der Waals surface area contributed by atoms with Crippen molar-refractivity contribution in [1.29, 1.82) is 0 Å². The van der Waals surface area contributed by atoms with E-state index in [2.05, 4.69) is 18.4 Å².